The molecule has 0 bridgehead atoms. The molecule has 0 saturated heterocycles. The molecule has 5 nitrogen and oxygen atoms in total. The third kappa shape index (κ3) is 5.79. The maximum Gasteiger partial charge on any atom is 0.338 e. The van der Waals surface area contributed by atoms with Crippen molar-refractivity contribution in [3.05, 3.63) is 69.7 Å². The first-order chi connectivity index (χ1) is 12.0. The van der Waals surface area contributed by atoms with Crippen LogP contribution in [0.4, 0.5) is 0 Å². The molecule has 0 aromatic heterocycles. The summed E-state index contributed by atoms with van der Waals surface area (Å²) in [5.41, 5.74) is 0.598. The fourth-order valence-corrected chi connectivity index (χ4v) is 2.13. The highest BCUT2D eigenvalue weighted by atomic mass is 35.5. The number of nitriles is 1. The number of carbonyl (C=O) groups excluding carboxylic acids is 2. The molecule has 2 aromatic rings. The molecule has 128 valence electrons. The Hall–Kier alpha value is -2.55. The van der Waals surface area contributed by atoms with Gasteiger partial charge in [0.1, 0.15) is 12.7 Å². The molecule has 1 unspecified atom stereocenters. The summed E-state index contributed by atoms with van der Waals surface area (Å²) in [6.07, 6.45) is -0.975. The Labute approximate surface area is 154 Å². The minimum Gasteiger partial charge on any atom is -0.458 e. The zero-order valence-corrected chi connectivity index (χ0v) is 14.5. The number of halogens is 2. The van der Waals surface area contributed by atoms with E-state index in [0.29, 0.717) is 15.6 Å². The molecule has 0 amide bonds. The smallest absolute Gasteiger partial charge is 0.338 e. The van der Waals surface area contributed by atoms with Crippen LogP contribution in [-0.2, 0) is 9.47 Å². The van der Waals surface area contributed by atoms with E-state index in [1.165, 1.54) is 24.3 Å². The summed E-state index contributed by atoms with van der Waals surface area (Å²) < 4.78 is 10.3. The number of nitrogens with zero attached hydrogens (tertiary/aromatic N) is 1. The lowest BCUT2D eigenvalue weighted by molar-refractivity contribution is 0.000782. The first-order valence-corrected chi connectivity index (χ1v) is 8.01. The highest BCUT2D eigenvalue weighted by Gasteiger charge is 2.18. The van der Waals surface area contributed by atoms with Crippen molar-refractivity contribution in [3.63, 3.8) is 0 Å². The molecular weight excluding hydrogens is 365 g/mol. The molecule has 2 rings (SSSR count). The maximum atomic E-state index is 12.1. The second-order valence-corrected chi connectivity index (χ2v) is 5.87. The minimum atomic E-state index is -0.871. The van der Waals surface area contributed by atoms with Gasteiger partial charge >= 0.3 is 11.9 Å². The molecule has 0 N–H and O–H groups in total. The van der Waals surface area contributed by atoms with Gasteiger partial charge in [0.15, 0.2) is 0 Å². The Morgan fingerprint density at radius 1 is 0.920 bits per heavy atom. The van der Waals surface area contributed by atoms with Crippen LogP contribution in [0.1, 0.15) is 27.1 Å². The van der Waals surface area contributed by atoms with Crippen LogP contribution in [0.5, 0.6) is 0 Å². The van der Waals surface area contributed by atoms with Crippen LogP contribution in [0.15, 0.2) is 48.5 Å². The van der Waals surface area contributed by atoms with E-state index in [9.17, 15) is 9.59 Å². The van der Waals surface area contributed by atoms with Crippen LogP contribution in [0.25, 0.3) is 0 Å². The summed E-state index contributed by atoms with van der Waals surface area (Å²) >= 11 is 11.5. The van der Waals surface area contributed by atoms with Gasteiger partial charge in [-0.15, -0.1) is 0 Å². The van der Waals surface area contributed by atoms with Crippen molar-refractivity contribution in [2.24, 2.45) is 0 Å². The molecule has 25 heavy (non-hydrogen) atoms. The molecule has 2 aromatic carbocycles. The van der Waals surface area contributed by atoms with E-state index in [-0.39, 0.29) is 18.6 Å². The lowest BCUT2D eigenvalue weighted by atomic mass is 10.2. The van der Waals surface area contributed by atoms with Gasteiger partial charge in [-0.25, -0.2) is 9.59 Å². The van der Waals surface area contributed by atoms with Crippen LogP contribution in [0, 0.1) is 11.3 Å². The highest BCUT2D eigenvalue weighted by molar-refractivity contribution is 6.30. The Kier molecular flexibility index (Phi) is 6.81. The summed E-state index contributed by atoms with van der Waals surface area (Å²) in [6, 6.07) is 14.2. The van der Waals surface area contributed by atoms with Gasteiger partial charge in [0.05, 0.1) is 23.6 Å². The van der Waals surface area contributed by atoms with E-state index >= 15 is 0 Å². The highest BCUT2D eigenvalue weighted by Crippen LogP contribution is 2.13. The third-order valence-electron chi connectivity index (χ3n) is 3.15. The summed E-state index contributed by atoms with van der Waals surface area (Å²) in [6.45, 7) is -0.228. The standard InChI is InChI=1S/C18H13Cl2NO4/c19-14-5-1-12(2-6-14)17(22)24-11-16(9-10-21)25-18(23)13-3-7-15(20)8-4-13/h1-8,16H,9,11H2. The topological polar surface area (TPSA) is 76.4 Å². The molecular formula is C18H13Cl2NO4. The molecule has 0 heterocycles. The summed E-state index contributed by atoms with van der Waals surface area (Å²) in [4.78, 5) is 24.0. The van der Waals surface area contributed by atoms with E-state index in [1.807, 2.05) is 6.07 Å². The average Bonchev–Trinajstić information content (AvgIpc) is 2.60. The van der Waals surface area contributed by atoms with Gasteiger partial charge in [0.2, 0.25) is 0 Å². The quantitative estimate of drug-likeness (QED) is 0.701. The van der Waals surface area contributed by atoms with E-state index in [1.54, 1.807) is 24.3 Å². The predicted octanol–water partition coefficient (Wildman–Crippen LogP) is 4.29. The van der Waals surface area contributed by atoms with Crippen molar-refractivity contribution >= 4 is 35.1 Å². The number of ether oxygens (including phenoxy) is 2. The Bertz CT molecular complexity index is 782. The lowest BCUT2D eigenvalue weighted by Gasteiger charge is -2.15. The zero-order chi connectivity index (χ0) is 18.2. The van der Waals surface area contributed by atoms with Crippen molar-refractivity contribution in [2.45, 2.75) is 12.5 Å². The number of hydrogen-bond donors (Lipinski definition) is 0. The molecule has 0 radical (unpaired) electrons. The first-order valence-electron chi connectivity index (χ1n) is 7.26. The summed E-state index contributed by atoms with van der Waals surface area (Å²) in [5, 5.41) is 9.84. The van der Waals surface area contributed by atoms with Crippen molar-refractivity contribution in [1.29, 1.82) is 5.26 Å². The maximum absolute atomic E-state index is 12.1. The minimum absolute atomic E-state index is 0.104. The second kappa shape index (κ2) is 9.07. The molecule has 0 aliphatic heterocycles. The van der Waals surface area contributed by atoms with Crippen LogP contribution in [0.2, 0.25) is 10.0 Å². The van der Waals surface area contributed by atoms with Gasteiger partial charge in [-0.1, -0.05) is 23.2 Å². The zero-order valence-electron chi connectivity index (χ0n) is 12.9. The Morgan fingerprint density at radius 2 is 1.40 bits per heavy atom. The normalized spacial score (nSPS) is 11.2. The Morgan fingerprint density at radius 3 is 1.88 bits per heavy atom. The van der Waals surface area contributed by atoms with E-state index < -0.39 is 18.0 Å². The van der Waals surface area contributed by atoms with Crippen LogP contribution in [-0.4, -0.2) is 24.6 Å². The number of carbonyl (C=O) groups is 2. The van der Waals surface area contributed by atoms with Gasteiger partial charge < -0.3 is 9.47 Å². The molecule has 7 heteroatoms. The number of benzene rings is 2. The van der Waals surface area contributed by atoms with Crippen molar-refractivity contribution in [3.8, 4) is 6.07 Å². The van der Waals surface area contributed by atoms with Gasteiger partial charge in [-0.3, -0.25) is 0 Å². The molecule has 0 aliphatic carbocycles. The van der Waals surface area contributed by atoms with Crippen molar-refractivity contribution < 1.29 is 19.1 Å². The average molecular weight is 378 g/mol. The molecule has 0 fully saturated rings. The van der Waals surface area contributed by atoms with Crippen LogP contribution >= 0.6 is 23.2 Å². The fourth-order valence-electron chi connectivity index (χ4n) is 1.88. The number of esters is 2. The van der Waals surface area contributed by atoms with Gasteiger partial charge in [-0.2, -0.15) is 5.26 Å². The van der Waals surface area contributed by atoms with Crippen LogP contribution in [0.3, 0.4) is 0 Å². The SMILES string of the molecule is N#CCC(COC(=O)c1ccc(Cl)cc1)OC(=O)c1ccc(Cl)cc1. The predicted molar refractivity (Wildman–Crippen MR) is 92.6 cm³/mol. The second-order valence-electron chi connectivity index (χ2n) is 5.00. The van der Waals surface area contributed by atoms with Gasteiger partial charge in [0, 0.05) is 10.0 Å². The molecule has 1 atom stereocenters. The fraction of sp³-hybridized carbons (Fsp3) is 0.167. The summed E-state index contributed by atoms with van der Waals surface area (Å²) in [5.74, 6) is -1.22. The molecule has 0 saturated carbocycles. The van der Waals surface area contributed by atoms with E-state index in [0.717, 1.165) is 0 Å². The van der Waals surface area contributed by atoms with E-state index in [2.05, 4.69) is 0 Å². The summed E-state index contributed by atoms with van der Waals surface area (Å²) in [7, 11) is 0. The van der Waals surface area contributed by atoms with Crippen molar-refractivity contribution in [2.75, 3.05) is 6.61 Å². The molecule has 0 aliphatic rings. The lowest BCUT2D eigenvalue weighted by Crippen LogP contribution is -2.25. The van der Waals surface area contributed by atoms with Crippen molar-refractivity contribution in [1.82, 2.24) is 0 Å². The monoisotopic (exact) mass is 377 g/mol. The number of rotatable bonds is 6. The third-order valence-corrected chi connectivity index (χ3v) is 3.66. The van der Waals surface area contributed by atoms with E-state index in [4.69, 9.17) is 37.9 Å². The van der Waals surface area contributed by atoms with Gasteiger partial charge in [-0.05, 0) is 48.5 Å². The van der Waals surface area contributed by atoms with Gasteiger partial charge in [0.25, 0.3) is 0 Å². The number of hydrogen-bond acceptors (Lipinski definition) is 5. The Balaban J connectivity index is 1.95. The van der Waals surface area contributed by atoms with Crippen LogP contribution < -0.4 is 0 Å². The molecule has 0 spiro atoms. The largest absolute Gasteiger partial charge is 0.458 e. The first kappa shape index (κ1) is 18.8.